The summed E-state index contributed by atoms with van der Waals surface area (Å²) < 4.78 is 1.50. The van der Waals surface area contributed by atoms with E-state index in [1.54, 1.807) is 0 Å². The van der Waals surface area contributed by atoms with Crippen molar-refractivity contribution in [2.75, 3.05) is 11.1 Å². The Balaban J connectivity index is 1.50. The number of fused-ring (bicyclic) bond motifs is 1. The lowest BCUT2D eigenvalue weighted by Gasteiger charge is -2.11. The largest absolute Gasteiger partial charge is 0.368 e. The van der Waals surface area contributed by atoms with E-state index in [4.69, 9.17) is 5.73 Å². The van der Waals surface area contributed by atoms with Crippen LogP contribution in [0.1, 0.15) is 18.3 Å². The molecule has 2 aromatic carbocycles. The molecular formula is C24H21N7OS. The van der Waals surface area contributed by atoms with E-state index in [9.17, 15) is 4.79 Å². The van der Waals surface area contributed by atoms with Crippen molar-refractivity contribution in [3.63, 3.8) is 0 Å². The number of thiophene rings is 1. The maximum Gasteiger partial charge on any atom is 0.263 e. The fourth-order valence-corrected chi connectivity index (χ4v) is 4.60. The monoisotopic (exact) mass is 455 g/mol. The first-order chi connectivity index (χ1) is 16.1. The number of nitrogens with zero attached hydrogens (tertiary/aromatic N) is 5. The average molecular weight is 456 g/mol. The molecule has 0 saturated carbocycles. The van der Waals surface area contributed by atoms with Gasteiger partial charge in [0.2, 0.25) is 11.9 Å². The van der Waals surface area contributed by atoms with Gasteiger partial charge in [-0.05, 0) is 23.6 Å². The van der Waals surface area contributed by atoms with Crippen LogP contribution in [0.3, 0.4) is 0 Å². The van der Waals surface area contributed by atoms with Crippen LogP contribution in [0, 0.1) is 0 Å². The molecule has 3 heterocycles. The molecule has 0 aliphatic carbocycles. The lowest BCUT2D eigenvalue weighted by Crippen LogP contribution is -2.22. The Morgan fingerprint density at radius 2 is 1.82 bits per heavy atom. The minimum absolute atomic E-state index is 0.0825. The second-order valence-electron chi connectivity index (χ2n) is 7.44. The lowest BCUT2D eigenvalue weighted by molar-refractivity contribution is 0.704. The van der Waals surface area contributed by atoms with Crippen LogP contribution in [0.25, 0.3) is 21.3 Å². The topological polar surface area (TPSA) is 112 Å². The van der Waals surface area contributed by atoms with Gasteiger partial charge in [0.1, 0.15) is 4.83 Å². The first kappa shape index (κ1) is 20.8. The fraction of sp³-hybridized carbons (Fsp3) is 0.125. The zero-order valence-electron chi connectivity index (χ0n) is 17.9. The summed E-state index contributed by atoms with van der Waals surface area (Å²) in [6.07, 6.45) is 2.39. The number of hydrogen-bond acceptors (Lipinski definition) is 8. The normalized spacial score (nSPS) is 11.1. The van der Waals surface area contributed by atoms with Gasteiger partial charge in [-0.3, -0.25) is 9.36 Å². The van der Waals surface area contributed by atoms with Crippen molar-refractivity contribution in [2.45, 2.75) is 19.9 Å². The summed E-state index contributed by atoms with van der Waals surface area (Å²) in [5.74, 6) is 0.791. The Bertz CT molecular complexity index is 1490. The highest BCUT2D eigenvalue weighted by Gasteiger charge is 2.15. The third kappa shape index (κ3) is 4.18. The van der Waals surface area contributed by atoms with Crippen LogP contribution in [0.2, 0.25) is 0 Å². The molecule has 0 spiro atoms. The molecule has 3 N–H and O–H groups in total. The number of hydrogen-bond donors (Lipinski definition) is 2. The van der Waals surface area contributed by atoms with Gasteiger partial charge in [-0.2, -0.15) is 15.0 Å². The van der Waals surface area contributed by atoms with Gasteiger partial charge in [0.15, 0.2) is 5.82 Å². The molecule has 0 aliphatic rings. The summed E-state index contributed by atoms with van der Waals surface area (Å²) in [5, 5.41) is 5.77. The molecule has 3 aromatic heterocycles. The molecule has 0 bridgehead atoms. The molecule has 0 saturated heterocycles. The van der Waals surface area contributed by atoms with Crippen molar-refractivity contribution in [1.82, 2.24) is 24.5 Å². The summed E-state index contributed by atoms with van der Waals surface area (Å²) >= 11 is 1.45. The summed E-state index contributed by atoms with van der Waals surface area (Å²) in [5.41, 5.74) is 9.69. The number of benzene rings is 2. The Labute approximate surface area is 193 Å². The minimum atomic E-state index is -0.148. The van der Waals surface area contributed by atoms with Crippen molar-refractivity contribution in [2.24, 2.45) is 0 Å². The Hall–Kier alpha value is -4.11. The van der Waals surface area contributed by atoms with Gasteiger partial charge in [0.25, 0.3) is 5.56 Å². The van der Waals surface area contributed by atoms with Gasteiger partial charge < -0.3 is 11.1 Å². The van der Waals surface area contributed by atoms with E-state index in [-0.39, 0.29) is 18.1 Å². The number of nitrogens with one attached hydrogen (secondary N) is 1. The average Bonchev–Trinajstić information content (AvgIpc) is 3.26. The van der Waals surface area contributed by atoms with Crippen LogP contribution in [-0.2, 0) is 13.0 Å². The molecule has 5 rings (SSSR count). The Morgan fingerprint density at radius 3 is 2.64 bits per heavy atom. The molecule has 5 aromatic rings. The van der Waals surface area contributed by atoms with Crippen molar-refractivity contribution >= 4 is 39.1 Å². The second-order valence-corrected chi connectivity index (χ2v) is 8.30. The number of nitrogens with two attached hydrogens (primary N) is 1. The number of para-hydroxylation sites is 1. The number of nitrogen functional groups attached to an aromatic ring is 1. The van der Waals surface area contributed by atoms with Crippen LogP contribution in [-0.4, -0.2) is 24.5 Å². The number of aryl methyl sites for hydroxylation is 1. The number of aromatic nitrogens is 5. The summed E-state index contributed by atoms with van der Waals surface area (Å²) in [4.78, 5) is 31.5. The molecule has 0 atom stereocenters. The van der Waals surface area contributed by atoms with E-state index >= 15 is 0 Å². The van der Waals surface area contributed by atoms with Crippen molar-refractivity contribution in [3.05, 3.63) is 88.0 Å². The van der Waals surface area contributed by atoms with Gasteiger partial charge in [-0.1, -0.05) is 55.5 Å². The highest BCUT2D eigenvalue weighted by Crippen LogP contribution is 2.30. The molecule has 0 unspecified atom stereocenters. The van der Waals surface area contributed by atoms with Crippen LogP contribution < -0.4 is 16.6 Å². The predicted octanol–water partition coefficient (Wildman–Crippen LogP) is 4.25. The molecule has 0 radical (unpaired) electrons. The maximum atomic E-state index is 13.3. The first-order valence-corrected chi connectivity index (χ1v) is 11.4. The zero-order chi connectivity index (χ0) is 22.8. The van der Waals surface area contributed by atoms with E-state index in [2.05, 4.69) is 32.2 Å². The van der Waals surface area contributed by atoms with Crippen molar-refractivity contribution in [1.29, 1.82) is 0 Å². The smallest absolute Gasteiger partial charge is 0.263 e. The minimum Gasteiger partial charge on any atom is -0.368 e. The third-order valence-electron chi connectivity index (χ3n) is 5.30. The van der Waals surface area contributed by atoms with Crippen LogP contribution >= 0.6 is 11.3 Å². The van der Waals surface area contributed by atoms with Gasteiger partial charge in [0.05, 0.1) is 18.3 Å². The molecule has 8 nitrogen and oxygen atoms in total. The molecule has 0 fully saturated rings. The van der Waals surface area contributed by atoms with Crippen LogP contribution in [0.5, 0.6) is 0 Å². The van der Waals surface area contributed by atoms with Crippen molar-refractivity contribution in [3.8, 4) is 11.1 Å². The Kier molecular flexibility index (Phi) is 5.54. The SMILES string of the molecule is CCc1ccccc1Nc1nc(N)nc(Cn2cnc3scc(-c4ccccc4)c3c2=O)n1. The molecule has 164 valence electrons. The van der Waals surface area contributed by atoms with E-state index in [0.717, 1.165) is 28.8 Å². The molecule has 0 amide bonds. The first-order valence-electron chi connectivity index (χ1n) is 10.5. The van der Waals surface area contributed by atoms with E-state index in [1.165, 1.54) is 22.2 Å². The summed E-state index contributed by atoms with van der Waals surface area (Å²) in [6.45, 7) is 2.21. The molecular weight excluding hydrogens is 434 g/mol. The molecule has 9 heteroatoms. The summed E-state index contributed by atoms with van der Waals surface area (Å²) in [6, 6.07) is 17.7. The maximum absolute atomic E-state index is 13.3. The number of rotatable bonds is 6. The predicted molar refractivity (Wildman–Crippen MR) is 132 cm³/mol. The van der Waals surface area contributed by atoms with Gasteiger partial charge in [0, 0.05) is 16.6 Å². The second kappa shape index (κ2) is 8.79. The van der Waals surface area contributed by atoms with Gasteiger partial charge >= 0.3 is 0 Å². The van der Waals surface area contributed by atoms with Gasteiger partial charge in [-0.25, -0.2) is 4.98 Å². The van der Waals surface area contributed by atoms with Crippen molar-refractivity contribution < 1.29 is 0 Å². The van der Waals surface area contributed by atoms with Gasteiger partial charge in [-0.15, -0.1) is 11.3 Å². The standard InChI is InChI=1S/C24H21N7OS/c1-2-15-8-6-7-11-18(15)27-24-29-19(28-23(25)30-24)12-31-14-26-21-20(22(31)32)17(13-33-21)16-9-4-3-5-10-16/h3-11,13-14H,2,12H2,1H3,(H3,25,27,28,29,30). The summed E-state index contributed by atoms with van der Waals surface area (Å²) in [7, 11) is 0. The quantitative estimate of drug-likeness (QED) is 0.394. The van der Waals surface area contributed by atoms with Crippen LogP contribution in [0.15, 0.2) is 71.1 Å². The van der Waals surface area contributed by atoms with E-state index in [1.807, 2.05) is 60.0 Å². The van der Waals surface area contributed by atoms with E-state index in [0.29, 0.717) is 22.0 Å². The van der Waals surface area contributed by atoms with Crippen LogP contribution in [0.4, 0.5) is 17.6 Å². The molecule has 33 heavy (non-hydrogen) atoms. The highest BCUT2D eigenvalue weighted by molar-refractivity contribution is 7.17. The Morgan fingerprint density at radius 1 is 1.03 bits per heavy atom. The fourth-order valence-electron chi connectivity index (χ4n) is 3.70. The van der Waals surface area contributed by atoms with E-state index < -0.39 is 0 Å². The zero-order valence-corrected chi connectivity index (χ0v) is 18.7. The molecule has 0 aliphatic heterocycles. The highest BCUT2D eigenvalue weighted by atomic mass is 32.1. The number of anilines is 3. The lowest BCUT2D eigenvalue weighted by atomic mass is 10.1. The third-order valence-corrected chi connectivity index (χ3v) is 6.19.